The lowest BCUT2D eigenvalue weighted by atomic mass is 9.75. The summed E-state index contributed by atoms with van der Waals surface area (Å²) in [4.78, 5) is 31.8. The number of nitrogens with two attached hydrogens (primary N) is 1. The first-order chi connectivity index (χ1) is 14.0. The number of nitrogens with zero attached hydrogens (tertiary/aromatic N) is 2. The monoisotopic (exact) mass is 409 g/mol. The second kappa shape index (κ2) is 7.72. The molecule has 29 heavy (non-hydrogen) atoms. The Morgan fingerprint density at radius 3 is 2.66 bits per heavy atom. The third-order valence-electron chi connectivity index (χ3n) is 5.30. The van der Waals surface area contributed by atoms with Crippen molar-refractivity contribution in [2.45, 2.75) is 25.2 Å². The van der Waals surface area contributed by atoms with Gasteiger partial charge in [-0.3, -0.25) is 14.7 Å². The Bertz CT molecular complexity index is 1030. The van der Waals surface area contributed by atoms with Crippen LogP contribution < -0.4 is 10.6 Å². The van der Waals surface area contributed by atoms with Crippen molar-refractivity contribution in [3.8, 4) is 0 Å². The van der Waals surface area contributed by atoms with Gasteiger partial charge in [-0.2, -0.15) is 0 Å². The second-order valence-electron chi connectivity index (χ2n) is 6.96. The highest BCUT2D eigenvalue weighted by molar-refractivity contribution is 6.30. The topological polar surface area (TPSA) is 85.5 Å². The summed E-state index contributed by atoms with van der Waals surface area (Å²) in [6.45, 7) is 0. The lowest BCUT2D eigenvalue weighted by Gasteiger charge is -2.40. The third-order valence-corrected chi connectivity index (χ3v) is 5.55. The molecule has 0 radical (unpaired) electrons. The number of allylic oxidation sites excluding steroid dienone is 2. The molecule has 2 heterocycles. The zero-order valence-corrected chi connectivity index (χ0v) is 16.6. The molecule has 148 valence electrons. The minimum absolute atomic E-state index is 0.00738. The number of methoxy groups -OCH3 is 1. The first kappa shape index (κ1) is 19.2. The lowest BCUT2D eigenvalue weighted by molar-refractivity contribution is -0.136. The highest BCUT2D eigenvalue weighted by atomic mass is 35.5. The number of carbonyl (C=O) groups is 2. The highest BCUT2D eigenvalue weighted by Gasteiger charge is 2.43. The van der Waals surface area contributed by atoms with E-state index >= 15 is 0 Å². The van der Waals surface area contributed by atoms with Crippen molar-refractivity contribution in [2.24, 2.45) is 5.73 Å². The molecule has 1 aliphatic heterocycles. The number of ketones is 1. The number of esters is 1. The molecule has 7 heteroatoms. The maximum absolute atomic E-state index is 13.1. The predicted molar refractivity (Wildman–Crippen MR) is 110 cm³/mol. The molecule has 1 aliphatic carbocycles. The third kappa shape index (κ3) is 3.29. The standard InChI is InChI=1S/C22H20ClN3O3/c1-29-22(28)20-18(13-4-3-11-25-12-13)19-16(5-2-6-17(19)27)26(21(20)24)15-9-7-14(23)8-10-15/h3-4,7-12,18H,2,5-6,24H2,1H3. The van der Waals surface area contributed by atoms with E-state index in [0.29, 0.717) is 23.4 Å². The summed E-state index contributed by atoms with van der Waals surface area (Å²) in [7, 11) is 1.31. The molecule has 1 atom stereocenters. The summed E-state index contributed by atoms with van der Waals surface area (Å²) in [5.41, 5.74) is 9.65. The van der Waals surface area contributed by atoms with Crippen LogP contribution in [0.15, 0.2) is 71.5 Å². The second-order valence-corrected chi connectivity index (χ2v) is 7.40. The Balaban J connectivity index is 1.99. The van der Waals surface area contributed by atoms with Crippen molar-refractivity contribution < 1.29 is 14.3 Å². The van der Waals surface area contributed by atoms with E-state index in [1.165, 1.54) is 7.11 Å². The number of benzene rings is 1. The Kier molecular flexibility index (Phi) is 5.11. The van der Waals surface area contributed by atoms with Gasteiger partial charge in [0, 0.05) is 40.8 Å². The molecule has 1 aromatic heterocycles. The normalized spacial score (nSPS) is 19.3. The molecule has 4 rings (SSSR count). The Morgan fingerprint density at radius 1 is 1.24 bits per heavy atom. The fourth-order valence-corrected chi connectivity index (χ4v) is 4.19. The van der Waals surface area contributed by atoms with Crippen molar-refractivity contribution in [3.63, 3.8) is 0 Å². The fraction of sp³-hybridized carbons (Fsp3) is 0.227. The highest BCUT2D eigenvalue weighted by Crippen LogP contribution is 2.46. The van der Waals surface area contributed by atoms with Crippen LogP contribution in [0.3, 0.4) is 0 Å². The number of ether oxygens (including phenoxy) is 1. The van der Waals surface area contributed by atoms with Gasteiger partial charge in [-0.25, -0.2) is 4.79 Å². The minimum atomic E-state index is -0.609. The van der Waals surface area contributed by atoms with Gasteiger partial charge in [0.2, 0.25) is 0 Å². The van der Waals surface area contributed by atoms with Gasteiger partial charge < -0.3 is 10.5 Å². The van der Waals surface area contributed by atoms with E-state index in [-0.39, 0.29) is 17.2 Å². The van der Waals surface area contributed by atoms with Crippen LogP contribution in [0.1, 0.15) is 30.7 Å². The molecule has 0 fully saturated rings. The minimum Gasteiger partial charge on any atom is -0.466 e. The first-order valence-corrected chi connectivity index (χ1v) is 9.70. The maximum atomic E-state index is 13.1. The summed E-state index contributed by atoms with van der Waals surface area (Å²) in [5, 5.41) is 0.587. The zero-order valence-electron chi connectivity index (χ0n) is 15.9. The van der Waals surface area contributed by atoms with E-state index in [2.05, 4.69) is 4.98 Å². The number of anilines is 1. The molecule has 0 bridgehead atoms. The molecule has 0 spiro atoms. The molecular formula is C22H20ClN3O3. The summed E-state index contributed by atoms with van der Waals surface area (Å²) in [6, 6.07) is 10.8. The van der Waals surface area contributed by atoms with E-state index in [9.17, 15) is 9.59 Å². The molecule has 0 saturated heterocycles. The molecule has 2 aromatic rings. The van der Waals surface area contributed by atoms with E-state index in [0.717, 1.165) is 23.4 Å². The SMILES string of the molecule is COC(=O)C1=C(N)N(c2ccc(Cl)cc2)C2=C(C(=O)CCC2)C1c1cccnc1. The van der Waals surface area contributed by atoms with Crippen molar-refractivity contribution in [2.75, 3.05) is 12.0 Å². The van der Waals surface area contributed by atoms with Crippen LogP contribution in [0.5, 0.6) is 0 Å². The fourth-order valence-electron chi connectivity index (χ4n) is 4.06. The largest absolute Gasteiger partial charge is 0.466 e. The van der Waals surface area contributed by atoms with Gasteiger partial charge in [0.25, 0.3) is 0 Å². The van der Waals surface area contributed by atoms with Crippen LogP contribution in [0.2, 0.25) is 5.02 Å². The summed E-state index contributed by atoms with van der Waals surface area (Å²) < 4.78 is 5.05. The van der Waals surface area contributed by atoms with Crippen LogP contribution in [0, 0.1) is 0 Å². The predicted octanol–water partition coefficient (Wildman–Crippen LogP) is 3.69. The number of rotatable bonds is 3. The number of hydrogen-bond donors (Lipinski definition) is 1. The zero-order chi connectivity index (χ0) is 20.5. The number of carbonyl (C=O) groups excluding carboxylic acids is 2. The number of aromatic nitrogens is 1. The molecule has 0 saturated carbocycles. The van der Waals surface area contributed by atoms with Crippen LogP contribution in [-0.4, -0.2) is 23.8 Å². The number of halogens is 1. The van der Waals surface area contributed by atoms with Gasteiger partial charge in [0.1, 0.15) is 5.82 Å². The summed E-state index contributed by atoms with van der Waals surface area (Å²) >= 11 is 6.04. The van der Waals surface area contributed by atoms with Crippen molar-refractivity contribution >= 4 is 29.0 Å². The van der Waals surface area contributed by atoms with Gasteiger partial charge in [-0.1, -0.05) is 17.7 Å². The van der Waals surface area contributed by atoms with Crippen LogP contribution in [-0.2, 0) is 14.3 Å². The van der Waals surface area contributed by atoms with Crippen molar-refractivity contribution in [1.82, 2.24) is 4.98 Å². The molecule has 0 amide bonds. The summed E-state index contributed by atoms with van der Waals surface area (Å²) in [6.07, 6.45) is 5.14. The van der Waals surface area contributed by atoms with E-state index in [1.807, 2.05) is 18.2 Å². The number of hydrogen-bond acceptors (Lipinski definition) is 6. The van der Waals surface area contributed by atoms with E-state index in [1.54, 1.807) is 35.5 Å². The van der Waals surface area contributed by atoms with Crippen molar-refractivity contribution in [3.05, 3.63) is 82.0 Å². The smallest absolute Gasteiger partial charge is 0.338 e. The maximum Gasteiger partial charge on any atom is 0.338 e. The van der Waals surface area contributed by atoms with Gasteiger partial charge in [-0.15, -0.1) is 0 Å². The number of Topliss-reactive ketones (excluding diaryl/α,β-unsaturated/α-hetero) is 1. The van der Waals surface area contributed by atoms with E-state index in [4.69, 9.17) is 22.1 Å². The van der Waals surface area contributed by atoms with Gasteiger partial charge >= 0.3 is 5.97 Å². The van der Waals surface area contributed by atoms with Crippen LogP contribution in [0.25, 0.3) is 0 Å². The average molecular weight is 410 g/mol. The Morgan fingerprint density at radius 2 is 2.00 bits per heavy atom. The summed E-state index contributed by atoms with van der Waals surface area (Å²) in [5.74, 6) is -0.919. The molecule has 1 aromatic carbocycles. The van der Waals surface area contributed by atoms with Gasteiger partial charge in [0.15, 0.2) is 5.78 Å². The van der Waals surface area contributed by atoms with Gasteiger partial charge in [-0.05, 0) is 48.7 Å². The molecule has 2 aliphatic rings. The molecule has 6 nitrogen and oxygen atoms in total. The lowest BCUT2D eigenvalue weighted by Crippen LogP contribution is -2.40. The first-order valence-electron chi connectivity index (χ1n) is 9.32. The van der Waals surface area contributed by atoms with Crippen LogP contribution in [0.4, 0.5) is 5.69 Å². The Hall–Kier alpha value is -3.12. The Labute approximate surface area is 173 Å². The van der Waals surface area contributed by atoms with E-state index < -0.39 is 11.9 Å². The number of pyridine rings is 1. The molecular weight excluding hydrogens is 390 g/mol. The van der Waals surface area contributed by atoms with Crippen molar-refractivity contribution in [1.29, 1.82) is 0 Å². The van der Waals surface area contributed by atoms with Gasteiger partial charge in [0.05, 0.1) is 18.6 Å². The average Bonchev–Trinajstić information content (AvgIpc) is 2.74. The van der Waals surface area contributed by atoms with Crippen LogP contribution >= 0.6 is 11.6 Å². The molecule has 2 N–H and O–H groups in total. The molecule has 1 unspecified atom stereocenters. The quantitative estimate of drug-likeness (QED) is 0.778.